The summed E-state index contributed by atoms with van der Waals surface area (Å²) < 4.78 is 0. The Morgan fingerprint density at radius 2 is 1.65 bits per heavy atom. The maximum absolute atomic E-state index is 8.66. The van der Waals surface area contributed by atoms with E-state index in [9.17, 15) is 0 Å². The third-order valence-electron chi connectivity index (χ3n) is 2.96. The molecule has 0 aromatic carbocycles. The first-order chi connectivity index (χ1) is 8.29. The van der Waals surface area contributed by atoms with E-state index in [1.807, 2.05) is 6.20 Å². The Labute approximate surface area is 103 Å². The summed E-state index contributed by atoms with van der Waals surface area (Å²) in [7, 11) is 0. The standard InChI is InChI=1S/C13H24N2O2/c16-13(17)9-7-5-3-1-2-4-6-8-12-10-14-11-15-12/h10-11,13,16-17H,1-9H2,(H,14,15). The van der Waals surface area contributed by atoms with Crippen molar-refractivity contribution in [3.63, 3.8) is 0 Å². The monoisotopic (exact) mass is 240 g/mol. The van der Waals surface area contributed by atoms with E-state index in [4.69, 9.17) is 10.2 Å². The number of aromatic nitrogens is 2. The van der Waals surface area contributed by atoms with Crippen LogP contribution in [-0.2, 0) is 6.42 Å². The van der Waals surface area contributed by atoms with Crippen LogP contribution in [0.25, 0.3) is 0 Å². The average molecular weight is 240 g/mol. The van der Waals surface area contributed by atoms with Crippen LogP contribution in [0.5, 0.6) is 0 Å². The molecule has 0 radical (unpaired) electrons. The zero-order chi connectivity index (χ0) is 12.3. The van der Waals surface area contributed by atoms with Crippen LogP contribution in [0.2, 0.25) is 0 Å². The van der Waals surface area contributed by atoms with Crippen LogP contribution in [0, 0.1) is 0 Å². The van der Waals surface area contributed by atoms with Gasteiger partial charge in [-0.25, -0.2) is 4.98 Å². The predicted octanol–water partition coefficient (Wildman–Crippen LogP) is 2.38. The SMILES string of the molecule is OC(O)CCCCCCCCCc1cnc[nH]1. The summed E-state index contributed by atoms with van der Waals surface area (Å²) in [5, 5.41) is 17.3. The van der Waals surface area contributed by atoms with Crippen LogP contribution in [0.15, 0.2) is 12.5 Å². The second-order valence-corrected chi connectivity index (χ2v) is 4.57. The lowest BCUT2D eigenvalue weighted by atomic mass is 10.1. The summed E-state index contributed by atoms with van der Waals surface area (Å²) in [5.41, 5.74) is 1.22. The van der Waals surface area contributed by atoms with Gasteiger partial charge < -0.3 is 15.2 Å². The van der Waals surface area contributed by atoms with E-state index in [0.717, 1.165) is 19.3 Å². The summed E-state index contributed by atoms with van der Waals surface area (Å²) >= 11 is 0. The van der Waals surface area contributed by atoms with Gasteiger partial charge in [-0.15, -0.1) is 0 Å². The first kappa shape index (κ1) is 14.2. The molecule has 0 aliphatic rings. The molecule has 0 atom stereocenters. The summed E-state index contributed by atoms with van der Waals surface area (Å²) in [6.45, 7) is 0. The number of aliphatic hydroxyl groups excluding tert-OH is 1. The highest BCUT2D eigenvalue weighted by Crippen LogP contribution is 2.10. The van der Waals surface area contributed by atoms with Crippen LogP contribution in [-0.4, -0.2) is 26.5 Å². The zero-order valence-electron chi connectivity index (χ0n) is 10.4. The number of nitrogens with zero attached hydrogens (tertiary/aromatic N) is 1. The first-order valence-electron chi connectivity index (χ1n) is 6.62. The van der Waals surface area contributed by atoms with Crippen molar-refractivity contribution in [2.75, 3.05) is 0 Å². The molecule has 3 N–H and O–H groups in total. The van der Waals surface area contributed by atoms with Gasteiger partial charge >= 0.3 is 0 Å². The lowest BCUT2D eigenvalue weighted by Crippen LogP contribution is -2.02. The minimum Gasteiger partial charge on any atom is -0.368 e. The van der Waals surface area contributed by atoms with Crippen molar-refractivity contribution in [1.82, 2.24) is 9.97 Å². The number of aromatic amines is 1. The zero-order valence-corrected chi connectivity index (χ0v) is 10.4. The van der Waals surface area contributed by atoms with Crippen LogP contribution < -0.4 is 0 Å². The molecule has 17 heavy (non-hydrogen) atoms. The van der Waals surface area contributed by atoms with Gasteiger partial charge in [0.25, 0.3) is 0 Å². The van der Waals surface area contributed by atoms with Gasteiger partial charge in [0.1, 0.15) is 0 Å². The topological polar surface area (TPSA) is 69.1 Å². The Hall–Kier alpha value is -0.870. The third kappa shape index (κ3) is 7.94. The number of unbranched alkanes of at least 4 members (excludes halogenated alkanes) is 6. The molecule has 0 saturated carbocycles. The summed E-state index contributed by atoms with van der Waals surface area (Å²) in [5.74, 6) is 0. The smallest absolute Gasteiger partial charge is 0.151 e. The highest BCUT2D eigenvalue weighted by Gasteiger charge is 1.97. The van der Waals surface area contributed by atoms with E-state index < -0.39 is 6.29 Å². The average Bonchev–Trinajstić information content (AvgIpc) is 2.79. The fraction of sp³-hybridized carbons (Fsp3) is 0.769. The molecule has 4 nitrogen and oxygen atoms in total. The summed E-state index contributed by atoms with van der Waals surface area (Å²) in [6.07, 6.45) is 12.4. The van der Waals surface area contributed by atoms with Crippen molar-refractivity contribution in [3.8, 4) is 0 Å². The molecule has 1 aromatic rings. The summed E-state index contributed by atoms with van der Waals surface area (Å²) in [4.78, 5) is 7.10. The van der Waals surface area contributed by atoms with Crippen LogP contribution in [0.3, 0.4) is 0 Å². The fourth-order valence-electron chi connectivity index (χ4n) is 1.95. The maximum atomic E-state index is 8.66. The molecule has 1 heterocycles. The summed E-state index contributed by atoms with van der Waals surface area (Å²) in [6, 6.07) is 0. The Morgan fingerprint density at radius 1 is 1.00 bits per heavy atom. The van der Waals surface area contributed by atoms with E-state index in [0.29, 0.717) is 6.42 Å². The minimum atomic E-state index is -1.12. The normalized spacial score (nSPS) is 11.2. The number of H-pyrrole nitrogens is 1. The number of aliphatic hydroxyl groups is 2. The molecular weight excluding hydrogens is 216 g/mol. The van der Waals surface area contributed by atoms with Crippen molar-refractivity contribution < 1.29 is 10.2 Å². The largest absolute Gasteiger partial charge is 0.368 e. The Bertz CT molecular complexity index is 260. The van der Waals surface area contributed by atoms with Crippen molar-refractivity contribution in [3.05, 3.63) is 18.2 Å². The predicted molar refractivity (Wildman–Crippen MR) is 67.5 cm³/mol. The number of aryl methyl sites for hydroxylation is 1. The lowest BCUT2D eigenvalue weighted by molar-refractivity contribution is -0.0466. The second-order valence-electron chi connectivity index (χ2n) is 4.57. The molecule has 0 spiro atoms. The van der Waals surface area contributed by atoms with Crippen molar-refractivity contribution in [2.45, 2.75) is 64.1 Å². The maximum Gasteiger partial charge on any atom is 0.151 e. The van der Waals surface area contributed by atoms with Crippen molar-refractivity contribution in [2.24, 2.45) is 0 Å². The van der Waals surface area contributed by atoms with Crippen LogP contribution >= 0.6 is 0 Å². The number of imidazole rings is 1. The molecular formula is C13H24N2O2. The first-order valence-corrected chi connectivity index (χ1v) is 6.62. The van der Waals surface area contributed by atoms with Crippen molar-refractivity contribution >= 4 is 0 Å². The lowest BCUT2D eigenvalue weighted by Gasteiger charge is -2.03. The van der Waals surface area contributed by atoms with Gasteiger partial charge in [-0.1, -0.05) is 32.1 Å². The number of hydrogen-bond acceptors (Lipinski definition) is 3. The quantitative estimate of drug-likeness (QED) is 0.434. The van der Waals surface area contributed by atoms with Gasteiger partial charge in [0.15, 0.2) is 6.29 Å². The number of rotatable bonds is 10. The van der Waals surface area contributed by atoms with E-state index in [2.05, 4.69) is 9.97 Å². The van der Waals surface area contributed by atoms with Gasteiger partial charge in [-0.2, -0.15) is 0 Å². The Balaban J connectivity index is 1.79. The molecule has 1 aromatic heterocycles. The van der Waals surface area contributed by atoms with Gasteiger partial charge in [0.05, 0.1) is 6.33 Å². The van der Waals surface area contributed by atoms with Gasteiger partial charge in [0.2, 0.25) is 0 Å². The molecule has 4 heteroatoms. The molecule has 0 aliphatic carbocycles. The minimum absolute atomic E-state index is 0.514. The molecule has 98 valence electrons. The van der Waals surface area contributed by atoms with Crippen LogP contribution in [0.1, 0.15) is 57.1 Å². The molecule has 0 bridgehead atoms. The van der Waals surface area contributed by atoms with E-state index in [1.165, 1.54) is 37.8 Å². The highest BCUT2D eigenvalue weighted by atomic mass is 16.5. The van der Waals surface area contributed by atoms with Gasteiger partial charge in [-0.3, -0.25) is 0 Å². The van der Waals surface area contributed by atoms with Gasteiger partial charge in [-0.05, 0) is 25.7 Å². The molecule has 0 fully saturated rings. The van der Waals surface area contributed by atoms with Crippen LogP contribution in [0.4, 0.5) is 0 Å². The Kier molecular flexibility index (Phi) is 7.67. The fourth-order valence-corrected chi connectivity index (χ4v) is 1.95. The number of hydrogen-bond donors (Lipinski definition) is 3. The van der Waals surface area contributed by atoms with Gasteiger partial charge in [0, 0.05) is 11.9 Å². The van der Waals surface area contributed by atoms with E-state index >= 15 is 0 Å². The van der Waals surface area contributed by atoms with Crippen molar-refractivity contribution in [1.29, 1.82) is 0 Å². The third-order valence-corrected chi connectivity index (χ3v) is 2.96. The molecule has 0 saturated heterocycles. The second kappa shape index (κ2) is 9.19. The van der Waals surface area contributed by atoms with E-state index in [-0.39, 0.29) is 0 Å². The highest BCUT2D eigenvalue weighted by molar-refractivity contribution is 4.93. The molecule has 1 rings (SSSR count). The number of nitrogens with one attached hydrogen (secondary N) is 1. The molecule has 0 unspecified atom stereocenters. The van der Waals surface area contributed by atoms with E-state index in [1.54, 1.807) is 6.33 Å². The Morgan fingerprint density at radius 3 is 2.24 bits per heavy atom. The molecule has 0 amide bonds. The molecule has 0 aliphatic heterocycles.